The molecule has 2 amide bonds. The molecule has 1 atom stereocenters. The van der Waals surface area contributed by atoms with Crippen LogP contribution < -0.4 is 10.6 Å². The topological polar surface area (TPSA) is 86.7 Å². The summed E-state index contributed by atoms with van der Waals surface area (Å²) >= 11 is 12.2. The molecule has 3 N–H and O–H groups in total. The molecule has 0 radical (unpaired) electrons. The number of rotatable bonds is 6. The number of nitrogens with one attached hydrogen (secondary N) is 2. The molecule has 0 aliphatic carbocycles. The van der Waals surface area contributed by atoms with Crippen LogP contribution in [0.25, 0.3) is 0 Å². The second-order valence-corrected chi connectivity index (χ2v) is 9.04. The summed E-state index contributed by atoms with van der Waals surface area (Å²) in [6, 6.07) is 7.14. The number of ether oxygens (including phenoxy) is 1. The highest BCUT2D eigenvalue weighted by atomic mass is 35.5. The molecule has 0 spiro atoms. The molecule has 1 saturated heterocycles. The molecule has 4 rings (SSSR count). The lowest BCUT2D eigenvalue weighted by molar-refractivity contribution is 0.0904. The van der Waals surface area contributed by atoms with Gasteiger partial charge in [-0.15, -0.1) is 0 Å². The number of benzene rings is 1. The van der Waals surface area contributed by atoms with Crippen LogP contribution in [0.5, 0.6) is 0 Å². The molecule has 172 valence electrons. The number of hydrogen-bond acceptors (Lipinski definition) is 5. The molecule has 7 nitrogen and oxygen atoms in total. The van der Waals surface area contributed by atoms with Gasteiger partial charge in [0.2, 0.25) is 0 Å². The Hall–Kier alpha value is -2.06. The van der Waals surface area contributed by atoms with Gasteiger partial charge in [0.25, 0.3) is 0 Å². The summed E-state index contributed by atoms with van der Waals surface area (Å²) in [6.45, 7) is 2.61. The fourth-order valence-corrected chi connectivity index (χ4v) is 4.47. The van der Waals surface area contributed by atoms with Gasteiger partial charge in [-0.05, 0) is 60.6 Å². The van der Waals surface area contributed by atoms with Gasteiger partial charge in [0.05, 0.1) is 16.1 Å². The van der Waals surface area contributed by atoms with Crippen molar-refractivity contribution in [3.8, 4) is 0 Å². The van der Waals surface area contributed by atoms with E-state index in [-0.39, 0.29) is 18.7 Å². The zero-order valence-corrected chi connectivity index (χ0v) is 19.3. The predicted molar refractivity (Wildman–Crippen MR) is 125 cm³/mol. The molecule has 1 aromatic heterocycles. The van der Waals surface area contributed by atoms with E-state index in [1.807, 2.05) is 12.3 Å². The fraction of sp³-hybridized carbons (Fsp3) is 0.478. The number of hydrogen-bond donors (Lipinski definition) is 3. The van der Waals surface area contributed by atoms with Crippen LogP contribution in [0, 0.1) is 0 Å². The lowest BCUT2D eigenvalue weighted by atomic mass is 10.0. The monoisotopic (exact) mass is 478 g/mol. The van der Waals surface area contributed by atoms with E-state index in [9.17, 15) is 9.90 Å². The van der Waals surface area contributed by atoms with E-state index in [4.69, 9.17) is 27.9 Å². The average Bonchev–Trinajstić information content (AvgIpc) is 2.81. The zero-order chi connectivity index (χ0) is 22.5. The zero-order valence-electron chi connectivity index (χ0n) is 17.8. The summed E-state index contributed by atoms with van der Waals surface area (Å²) in [5.41, 5.74) is 3.08. The van der Waals surface area contributed by atoms with Crippen LogP contribution in [0.4, 0.5) is 10.6 Å². The number of anilines is 1. The van der Waals surface area contributed by atoms with Crippen molar-refractivity contribution in [1.82, 2.24) is 15.2 Å². The predicted octanol–water partition coefficient (Wildman–Crippen LogP) is 4.17. The summed E-state index contributed by atoms with van der Waals surface area (Å²) < 4.78 is 5.42. The summed E-state index contributed by atoms with van der Waals surface area (Å²) in [6.07, 6.45) is 4.99. The van der Waals surface area contributed by atoms with Crippen molar-refractivity contribution >= 4 is 35.1 Å². The fourth-order valence-electron chi connectivity index (χ4n) is 4.16. The van der Waals surface area contributed by atoms with E-state index >= 15 is 0 Å². The first-order valence-corrected chi connectivity index (χ1v) is 11.7. The number of carbonyl (C=O) groups is 1. The van der Waals surface area contributed by atoms with E-state index < -0.39 is 0 Å². The number of aliphatic hydroxyl groups excluding tert-OH is 1. The van der Waals surface area contributed by atoms with E-state index in [1.54, 1.807) is 17.0 Å². The Kier molecular flexibility index (Phi) is 7.73. The molecule has 9 heteroatoms. The van der Waals surface area contributed by atoms with Crippen molar-refractivity contribution in [2.75, 3.05) is 31.7 Å². The van der Waals surface area contributed by atoms with Gasteiger partial charge in [0.1, 0.15) is 5.82 Å². The SMILES string of the molecule is O=C(N[C@H](CCO)c1ccc(Cl)c(Cl)c1)N1CCc2cnc(NC3CCOCC3)cc2C1. The molecular formula is C23H28Cl2N4O3. The first kappa shape index (κ1) is 23.1. The lowest BCUT2D eigenvalue weighted by Crippen LogP contribution is -2.44. The van der Waals surface area contributed by atoms with Crippen molar-refractivity contribution in [2.45, 2.75) is 44.3 Å². The van der Waals surface area contributed by atoms with Gasteiger partial charge >= 0.3 is 6.03 Å². The quantitative estimate of drug-likeness (QED) is 0.579. The van der Waals surface area contributed by atoms with Crippen molar-refractivity contribution < 1.29 is 14.6 Å². The second kappa shape index (κ2) is 10.7. The number of fused-ring (bicyclic) bond motifs is 1. The number of nitrogens with zero attached hydrogens (tertiary/aromatic N) is 2. The van der Waals surface area contributed by atoms with Gasteiger partial charge in [0, 0.05) is 45.1 Å². The molecule has 3 heterocycles. The first-order chi connectivity index (χ1) is 15.5. The van der Waals surface area contributed by atoms with Gasteiger partial charge in [0.15, 0.2) is 0 Å². The summed E-state index contributed by atoms with van der Waals surface area (Å²) in [5, 5.41) is 16.9. The second-order valence-electron chi connectivity index (χ2n) is 8.23. The Morgan fingerprint density at radius 3 is 2.78 bits per heavy atom. The van der Waals surface area contributed by atoms with Gasteiger partial charge in [-0.3, -0.25) is 0 Å². The number of amides is 2. The first-order valence-electron chi connectivity index (χ1n) is 11.0. The Morgan fingerprint density at radius 1 is 1.22 bits per heavy atom. The van der Waals surface area contributed by atoms with Gasteiger partial charge in [-0.2, -0.15) is 0 Å². The number of urea groups is 1. The number of aromatic nitrogens is 1. The van der Waals surface area contributed by atoms with Crippen LogP contribution in [-0.4, -0.2) is 53.4 Å². The minimum atomic E-state index is -0.355. The molecule has 1 fully saturated rings. The van der Waals surface area contributed by atoms with Gasteiger partial charge in [-0.1, -0.05) is 29.3 Å². The standard InChI is InChI=1S/C23H28Cl2N4O3/c24-19-2-1-15(11-20(19)25)21(4-8-30)28-23(31)29-7-3-16-13-26-22(12-17(16)14-29)27-18-5-9-32-10-6-18/h1-2,11-13,18,21,30H,3-10,14H2,(H,26,27)(H,28,31)/t21-/m1/s1. The summed E-state index contributed by atoms with van der Waals surface area (Å²) in [4.78, 5) is 19.4. The molecule has 2 aliphatic rings. The maximum atomic E-state index is 13.0. The minimum Gasteiger partial charge on any atom is -0.396 e. The Labute approximate surface area is 198 Å². The van der Waals surface area contributed by atoms with E-state index in [0.717, 1.165) is 49.4 Å². The third-order valence-electron chi connectivity index (χ3n) is 6.02. The van der Waals surface area contributed by atoms with Crippen LogP contribution in [-0.2, 0) is 17.7 Å². The van der Waals surface area contributed by atoms with Crippen LogP contribution in [0.2, 0.25) is 10.0 Å². The largest absolute Gasteiger partial charge is 0.396 e. The molecular weight excluding hydrogens is 451 g/mol. The number of halogens is 2. The summed E-state index contributed by atoms with van der Waals surface area (Å²) in [7, 11) is 0. The van der Waals surface area contributed by atoms with Crippen LogP contribution in [0.3, 0.4) is 0 Å². The van der Waals surface area contributed by atoms with E-state index in [0.29, 0.717) is 35.6 Å². The molecule has 0 bridgehead atoms. The normalized spacial score (nSPS) is 17.5. The van der Waals surface area contributed by atoms with Crippen molar-refractivity contribution in [3.63, 3.8) is 0 Å². The van der Waals surface area contributed by atoms with Crippen molar-refractivity contribution in [1.29, 1.82) is 0 Å². The van der Waals surface area contributed by atoms with Gasteiger partial charge in [-0.25, -0.2) is 9.78 Å². The molecule has 1 aromatic carbocycles. The van der Waals surface area contributed by atoms with Crippen LogP contribution in [0.1, 0.15) is 42.0 Å². The molecule has 0 unspecified atom stereocenters. The summed E-state index contributed by atoms with van der Waals surface area (Å²) in [5.74, 6) is 0.840. The Balaban J connectivity index is 1.42. The third-order valence-corrected chi connectivity index (χ3v) is 6.76. The molecule has 32 heavy (non-hydrogen) atoms. The maximum absolute atomic E-state index is 13.0. The van der Waals surface area contributed by atoms with Crippen molar-refractivity contribution in [3.05, 3.63) is 57.2 Å². The van der Waals surface area contributed by atoms with Crippen molar-refractivity contribution in [2.24, 2.45) is 0 Å². The highest BCUT2D eigenvalue weighted by Crippen LogP contribution is 2.28. The van der Waals surface area contributed by atoms with E-state index in [2.05, 4.69) is 21.7 Å². The minimum absolute atomic E-state index is 0.0546. The Morgan fingerprint density at radius 2 is 2.03 bits per heavy atom. The smallest absolute Gasteiger partial charge is 0.318 e. The van der Waals surface area contributed by atoms with Crippen LogP contribution >= 0.6 is 23.2 Å². The highest BCUT2D eigenvalue weighted by Gasteiger charge is 2.24. The lowest BCUT2D eigenvalue weighted by Gasteiger charge is -2.31. The molecule has 2 aliphatic heterocycles. The molecule has 2 aromatic rings. The maximum Gasteiger partial charge on any atom is 0.318 e. The van der Waals surface area contributed by atoms with Gasteiger partial charge < -0.3 is 25.4 Å². The average molecular weight is 479 g/mol. The number of aliphatic hydroxyl groups is 1. The third kappa shape index (κ3) is 5.64. The highest BCUT2D eigenvalue weighted by molar-refractivity contribution is 6.42. The van der Waals surface area contributed by atoms with E-state index in [1.165, 1.54) is 5.56 Å². The number of carbonyl (C=O) groups excluding carboxylic acids is 1. The Bertz CT molecular complexity index is 953. The van der Waals surface area contributed by atoms with Crippen LogP contribution in [0.15, 0.2) is 30.5 Å². The number of pyridine rings is 1. The molecule has 0 saturated carbocycles.